The number of rotatable bonds is 6. The fourth-order valence-electron chi connectivity index (χ4n) is 4.03. The molecule has 8 heteroatoms. The van der Waals surface area contributed by atoms with Crippen molar-refractivity contribution in [2.75, 3.05) is 26.3 Å². The molecule has 2 aromatic heterocycles. The summed E-state index contributed by atoms with van der Waals surface area (Å²) in [6.07, 6.45) is 5.23. The van der Waals surface area contributed by atoms with Gasteiger partial charge in [0.2, 0.25) is 11.7 Å². The van der Waals surface area contributed by atoms with E-state index in [2.05, 4.69) is 15.1 Å². The first-order valence-electron chi connectivity index (χ1n) is 10.4. The van der Waals surface area contributed by atoms with Crippen molar-refractivity contribution < 1.29 is 18.8 Å². The van der Waals surface area contributed by atoms with E-state index in [-0.39, 0.29) is 12.0 Å². The molecule has 2 fully saturated rings. The van der Waals surface area contributed by atoms with Gasteiger partial charge in [-0.1, -0.05) is 11.2 Å². The zero-order valence-electron chi connectivity index (χ0n) is 17.1. The van der Waals surface area contributed by atoms with Crippen LogP contribution < -0.4 is 0 Å². The number of carbonyl (C=O) groups is 1. The fraction of sp³-hybridized carbons (Fsp3) is 0.619. The zero-order chi connectivity index (χ0) is 20.3. The number of hydrogen-bond acceptors (Lipinski definition) is 7. The number of aryl methyl sites for hydroxylation is 1. The van der Waals surface area contributed by atoms with E-state index in [4.69, 9.17) is 14.0 Å². The van der Waals surface area contributed by atoms with Gasteiger partial charge >= 0.3 is 0 Å². The summed E-state index contributed by atoms with van der Waals surface area (Å²) in [5.74, 6) is 1.20. The number of carbonyl (C=O) groups excluding carboxylic acids is 1. The summed E-state index contributed by atoms with van der Waals surface area (Å²) in [5.41, 5.74) is 1.24. The van der Waals surface area contributed by atoms with Crippen LogP contribution in [0.15, 0.2) is 22.9 Å². The molecular formula is C21H28N4O4. The Morgan fingerprint density at radius 3 is 2.83 bits per heavy atom. The molecule has 0 N–H and O–H groups in total. The van der Waals surface area contributed by atoms with Gasteiger partial charge in [-0.25, -0.2) is 0 Å². The maximum absolute atomic E-state index is 12.7. The minimum atomic E-state index is -0.638. The van der Waals surface area contributed by atoms with Crippen LogP contribution in [0.3, 0.4) is 0 Å². The molecular weight excluding hydrogens is 372 g/mol. The molecule has 29 heavy (non-hydrogen) atoms. The van der Waals surface area contributed by atoms with Crippen molar-refractivity contribution in [3.63, 3.8) is 0 Å². The normalized spacial score (nSPS) is 21.4. The standard InChI is InChI=1S/C21H28N4O4/c1-3-28-21(20-23-19(24-29-20)17-5-4-12-27-17)8-10-25(11-9-21)18(26)13-16-7-6-15(2)22-14-16/h6-7,14,17H,3-5,8-13H2,1-2H3/t17-/m1/s1. The Labute approximate surface area is 170 Å². The first-order chi connectivity index (χ1) is 14.1. The monoisotopic (exact) mass is 400 g/mol. The van der Waals surface area contributed by atoms with Crippen molar-refractivity contribution in [1.82, 2.24) is 20.0 Å². The summed E-state index contributed by atoms with van der Waals surface area (Å²) in [7, 11) is 0. The minimum absolute atomic E-state index is 0.0871. The Hall–Kier alpha value is -2.32. The molecule has 2 aliphatic rings. The zero-order valence-corrected chi connectivity index (χ0v) is 17.1. The van der Waals surface area contributed by atoms with Crippen LogP contribution in [0.4, 0.5) is 0 Å². The van der Waals surface area contributed by atoms with Gasteiger partial charge in [-0.3, -0.25) is 9.78 Å². The summed E-state index contributed by atoms with van der Waals surface area (Å²) in [6, 6.07) is 3.89. The first-order valence-corrected chi connectivity index (χ1v) is 10.4. The number of nitrogens with zero attached hydrogens (tertiary/aromatic N) is 4. The molecule has 0 saturated carbocycles. The summed E-state index contributed by atoms with van der Waals surface area (Å²) in [5, 5.41) is 4.14. The Morgan fingerprint density at radius 2 is 2.17 bits per heavy atom. The second-order valence-corrected chi connectivity index (χ2v) is 7.75. The number of likely N-dealkylation sites (tertiary alicyclic amines) is 1. The van der Waals surface area contributed by atoms with Crippen LogP contribution in [-0.2, 0) is 26.3 Å². The van der Waals surface area contributed by atoms with Gasteiger partial charge in [-0.2, -0.15) is 4.98 Å². The van der Waals surface area contributed by atoms with E-state index in [1.165, 1.54) is 0 Å². The van der Waals surface area contributed by atoms with Crippen molar-refractivity contribution in [2.24, 2.45) is 0 Å². The van der Waals surface area contributed by atoms with Crippen LogP contribution >= 0.6 is 0 Å². The lowest BCUT2D eigenvalue weighted by atomic mass is 9.90. The fourth-order valence-corrected chi connectivity index (χ4v) is 4.03. The largest absolute Gasteiger partial charge is 0.370 e. The second kappa shape index (κ2) is 8.59. The van der Waals surface area contributed by atoms with Crippen LogP contribution in [-0.4, -0.2) is 52.2 Å². The Kier molecular flexibility index (Phi) is 5.91. The molecule has 0 aliphatic carbocycles. The van der Waals surface area contributed by atoms with Gasteiger partial charge < -0.3 is 18.9 Å². The van der Waals surface area contributed by atoms with Crippen LogP contribution in [0.5, 0.6) is 0 Å². The quantitative estimate of drug-likeness (QED) is 0.736. The van der Waals surface area contributed by atoms with Gasteiger partial charge in [0, 0.05) is 51.0 Å². The number of pyridine rings is 1. The third-order valence-corrected chi connectivity index (χ3v) is 5.72. The van der Waals surface area contributed by atoms with Crippen LogP contribution in [0, 0.1) is 6.92 Å². The second-order valence-electron chi connectivity index (χ2n) is 7.75. The number of ether oxygens (including phenoxy) is 2. The van der Waals surface area contributed by atoms with E-state index in [0.29, 0.717) is 50.7 Å². The Morgan fingerprint density at radius 1 is 1.34 bits per heavy atom. The van der Waals surface area contributed by atoms with Gasteiger partial charge in [0.15, 0.2) is 0 Å². The summed E-state index contributed by atoms with van der Waals surface area (Å²) >= 11 is 0. The number of aromatic nitrogens is 3. The third kappa shape index (κ3) is 4.33. The number of hydrogen-bond donors (Lipinski definition) is 0. The van der Waals surface area contributed by atoms with Crippen LogP contribution in [0.2, 0.25) is 0 Å². The van der Waals surface area contributed by atoms with Crippen molar-refractivity contribution in [2.45, 2.75) is 57.7 Å². The average Bonchev–Trinajstić information content (AvgIpc) is 3.42. The van der Waals surface area contributed by atoms with Gasteiger partial charge in [-0.05, 0) is 38.3 Å². The topological polar surface area (TPSA) is 90.6 Å². The molecule has 0 radical (unpaired) electrons. The molecule has 4 rings (SSSR count). The lowest BCUT2D eigenvalue weighted by Crippen LogP contribution is -2.47. The highest BCUT2D eigenvalue weighted by molar-refractivity contribution is 5.78. The summed E-state index contributed by atoms with van der Waals surface area (Å²) < 4.78 is 17.4. The van der Waals surface area contributed by atoms with E-state index in [0.717, 1.165) is 30.7 Å². The molecule has 2 saturated heterocycles. The molecule has 1 atom stereocenters. The highest BCUT2D eigenvalue weighted by Crippen LogP contribution is 2.37. The predicted octanol–water partition coefficient (Wildman–Crippen LogP) is 2.72. The molecule has 156 valence electrons. The van der Waals surface area contributed by atoms with Gasteiger partial charge in [0.25, 0.3) is 5.89 Å². The lowest BCUT2D eigenvalue weighted by Gasteiger charge is -2.39. The van der Waals surface area contributed by atoms with E-state index in [1.54, 1.807) is 6.20 Å². The third-order valence-electron chi connectivity index (χ3n) is 5.72. The van der Waals surface area contributed by atoms with Crippen molar-refractivity contribution in [1.29, 1.82) is 0 Å². The Bertz CT molecular complexity index is 821. The molecule has 2 aromatic rings. The number of amides is 1. The lowest BCUT2D eigenvalue weighted by molar-refractivity contribution is -0.141. The summed E-state index contributed by atoms with van der Waals surface area (Å²) in [4.78, 5) is 23.5. The van der Waals surface area contributed by atoms with Gasteiger partial charge in [0.05, 0.1) is 6.42 Å². The average molecular weight is 400 g/mol. The molecule has 0 spiro atoms. The van der Waals surface area contributed by atoms with Crippen molar-refractivity contribution in [3.05, 3.63) is 41.3 Å². The molecule has 2 aliphatic heterocycles. The van der Waals surface area contributed by atoms with Gasteiger partial charge in [0.1, 0.15) is 11.7 Å². The molecule has 8 nitrogen and oxygen atoms in total. The van der Waals surface area contributed by atoms with E-state index >= 15 is 0 Å². The maximum atomic E-state index is 12.7. The Balaban J connectivity index is 1.41. The predicted molar refractivity (Wildman–Crippen MR) is 104 cm³/mol. The molecule has 0 aromatic carbocycles. The molecule has 0 bridgehead atoms. The number of piperidine rings is 1. The van der Waals surface area contributed by atoms with Gasteiger partial charge in [-0.15, -0.1) is 0 Å². The molecule has 0 unspecified atom stereocenters. The van der Waals surface area contributed by atoms with E-state index < -0.39 is 5.60 Å². The van der Waals surface area contributed by atoms with Crippen molar-refractivity contribution >= 4 is 5.91 Å². The van der Waals surface area contributed by atoms with Crippen LogP contribution in [0.1, 0.15) is 61.7 Å². The maximum Gasteiger partial charge on any atom is 0.259 e. The van der Waals surface area contributed by atoms with E-state index in [9.17, 15) is 4.79 Å². The SMILES string of the molecule is CCOC1(c2nc([C@H]3CCCO3)no2)CCN(C(=O)Cc2ccc(C)nc2)CC1. The summed E-state index contributed by atoms with van der Waals surface area (Å²) in [6.45, 7) is 6.36. The smallest absolute Gasteiger partial charge is 0.259 e. The van der Waals surface area contributed by atoms with E-state index in [1.807, 2.05) is 30.9 Å². The molecule has 4 heterocycles. The highest BCUT2D eigenvalue weighted by Gasteiger charge is 2.43. The minimum Gasteiger partial charge on any atom is -0.370 e. The van der Waals surface area contributed by atoms with Crippen molar-refractivity contribution in [3.8, 4) is 0 Å². The van der Waals surface area contributed by atoms with Crippen LogP contribution in [0.25, 0.3) is 0 Å². The molecule has 1 amide bonds. The first kappa shape index (κ1) is 20.0. The highest BCUT2D eigenvalue weighted by atomic mass is 16.5.